The number of nitrogens with two attached hydrogens (primary N) is 1. The van der Waals surface area contributed by atoms with Crippen LogP contribution in [0.4, 0.5) is 4.39 Å². The second kappa shape index (κ2) is 5.79. The topological polar surface area (TPSA) is 66.0 Å². The number of aromatic nitrogens is 3. The lowest BCUT2D eigenvalue weighted by Crippen LogP contribution is -2.11. The van der Waals surface area contributed by atoms with Crippen LogP contribution in [0.25, 0.3) is 0 Å². The van der Waals surface area contributed by atoms with Crippen molar-refractivity contribution in [3.8, 4) is 5.75 Å². The van der Waals surface area contributed by atoms with Crippen molar-refractivity contribution in [3.05, 3.63) is 41.7 Å². The minimum atomic E-state index is -0.321. The van der Waals surface area contributed by atoms with E-state index < -0.39 is 0 Å². The summed E-state index contributed by atoms with van der Waals surface area (Å²) >= 11 is 0. The number of rotatable bonds is 5. The van der Waals surface area contributed by atoms with E-state index in [0.29, 0.717) is 11.3 Å². The van der Waals surface area contributed by atoms with Crippen LogP contribution in [-0.4, -0.2) is 14.8 Å². The fraction of sp³-hybridized carbons (Fsp3) is 0.385. The molecule has 6 heteroatoms. The SMILES string of the molecule is CC(C)n1ncnc1COc1ccc(F)cc1CN. The fourth-order valence-electron chi connectivity index (χ4n) is 1.80. The summed E-state index contributed by atoms with van der Waals surface area (Å²) in [6.07, 6.45) is 1.49. The monoisotopic (exact) mass is 264 g/mol. The Bertz CT molecular complexity index is 553. The van der Waals surface area contributed by atoms with Gasteiger partial charge >= 0.3 is 0 Å². The number of nitrogens with zero attached hydrogens (tertiary/aromatic N) is 3. The van der Waals surface area contributed by atoms with E-state index in [1.54, 1.807) is 10.7 Å². The highest BCUT2D eigenvalue weighted by atomic mass is 19.1. The maximum Gasteiger partial charge on any atom is 0.165 e. The molecule has 2 aromatic rings. The van der Waals surface area contributed by atoms with E-state index in [-0.39, 0.29) is 25.0 Å². The molecule has 0 unspecified atom stereocenters. The van der Waals surface area contributed by atoms with Gasteiger partial charge in [0.1, 0.15) is 24.5 Å². The van der Waals surface area contributed by atoms with Crippen LogP contribution in [-0.2, 0) is 13.2 Å². The molecule has 1 heterocycles. The lowest BCUT2D eigenvalue weighted by Gasteiger charge is -2.12. The molecule has 0 radical (unpaired) electrons. The summed E-state index contributed by atoms with van der Waals surface area (Å²) in [5, 5.41) is 4.13. The molecule has 0 saturated carbocycles. The van der Waals surface area contributed by atoms with Gasteiger partial charge in [-0.2, -0.15) is 5.10 Å². The van der Waals surface area contributed by atoms with E-state index in [0.717, 1.165) is 5.82 Å². The quantitative estimate of drug-likeness (QED) is 0.897. The molecule has 2 rings (SSSR count). The maximum atomic E-state index is 13.1. The van der Waals surface area contributed by atoms with Gasteiger partial charge in [-0.15, -0.1) is 0 Å². The Morgan fingerprint density at radius 2 is 2.21 bits per heavy atom. The number of ether oxygens (including phenoxy) is 1. The summed E-state index contributed by atoms with van der Waals surface area (Å²) in [4.78, 5) is 4.15. The van der Waals surface area contributed by atoms with Gasteiger partial charge in [0.2, 0.25) is 0 Å². The Balaban J connectivity index is 2.12. The van der Waals surface area contributed by atoms with Crippen LogP contribution in [0.15, 0.2) is 24.5 Å². The van der Waals surface area contributed by atoms with Gasteiger partial charge in [-0.25, -0.2) is 14.1 Å². The van der Waals surface area contributed by atoms with Gasteiger partial charge in [-0.1, -0.05) is 0 Å². The van der Waals surface area contributed by atoms with Gasteiger partial charge < -0.3 is 10.5 Å². The van der Waals surface area contributed by atoms with Gasteiger partial charge in [-0.05, 0) is 32.0 Å². The fourth-order valence-corrected chi connectivity index (χ4v) is 1.80. The van der Waals surface area contributed by atoms with Crippen LogP contribution in [0.2, 0.25) is 0 Å². The van der Waals surface area contributed by atoms with Crippen LogP contribution in [0.1, 0.15) is 31.3 Å². The molecule has 0 aliphatic rings. The third-order valence-electron chi connectivity index (χ3n) is 2.74. The summed E-state index contributed by atoms with van der Waals surface area (Å²) in [6.45, 7) is 4.53. The summed E-state index contributed by atoms with van der Waals surface area (Å²) in [7, 11) is 0. The molecule has 19 heavy (non-hydrogen) atoms. The number of halogens is 1. The van der Waals surface area contributed by atoms with E-state index in [2.05, 4.69) is 10.1 Å². The van der Waals surface area contributed by atoms with E-state index >= 15 is 0 Å². The highest BCUT2D eigenvalue weighted by molar-refractivity contribution is 5.33. The molecule has 102 valence electrons. The minimum absolute atomic E-state index is 0.211. The number of hydrogen-bond acceptors (Lipinski definition) is 4. The molecule has 0 aliphatic carbocycles. The predicted molar refractivity (Wildman–Crippen MR) is 69.0 cm³/mol. The minimum Gasteiger partial charge on any atom is -0.485 e. The van der Waals surface area contributed by atoms with Crippen molar-refractivity contribution >= 4 is 0 Å². The zero-order valence-electron chi connectivity index (χ0n) is 11.0. The van der Waals surface area contributed by atoms with Crippen LogP contribution in [0.5, 0.6) is 5.75 Å². The first-order valence-corrected chi connectivity index (χ1v) is 6.11. The largest absolute Gasteiger partial charge is 0.485 e. The first kappa shape index (κ1) is 13.5. The second-order valence-electron chi connectivity index (χ2n) is 4.46. The van der Waals surface area contributed by atoms with Crippen molar-refractivity contribution in [3.63, 3.8) is 0 Å². The van der Waals surface area contributed by atoms with Crippen molar-refractivity contribution in [1.29, 1.82) is 0 Å². The average molecular weight is 264 g/mol. The third kappa shape index (κ3) is 3.08. The molecule has 0 amide bonds. The lowest BCUT2D eigenvalue weighted by molar-refractivity contribution is 0.279. The maximum absolute atomic E-state index is 13.1. The van der Waals surface area contributed by atoms with Crippen molar-refractivity contribution in [1.82, 2.24) is 14.8 Å². The third-order valence-corrected chi connectivity index (χ3v) is 2.74. The molecular formula is C13H17FN4O. The molecule has 0 atom stereocenters. The summed E-state index contributed by atoms with van der Waals surface area (Å²) in [6, 6.07) is 4.51. The van der Waals surface area contributed by atoms with Gasteiger partial charge in [-0.3, -0.25) is 0 Å². The van der Waals surface area contributed by atoms with E-state index in [4.69, 9.17) is 10.5 Å². The average Bonchev–Trinajstić information content (AvgIpc) is 2.85. The van der Waals surface area contributed by atoms with E-state index in [9.17, 15) is 4.39 Å². The molecule has 0 fully saturated rings. The number of hydrogen-bond donors (Lipinski definition) is 1. The zero-order chi connectivity index (χ0) is 13.8. The van der Waals surface area contributed by atoms with Crippen molar-refractivity contribution < 1.29 is 9.13 Å². The normalized spacial score (nSPS) is 11.0. The van der Waals surface area contributed by atoms with Crippen molar-refractivity contribution in [2.24, 2.45) is 5.73 Å². The summed E-state index contributed by atoms with van der Waals surface area (Å²) < 4.78 is 20.5. The molecule has 5 nitrogen and oxygen atoms in total. The Hall–Kier alpha value is -1.95. The molecular weight excluding hydrogens is 247 g/mol. The highest BCUT2D eigenvalue weighted by Crippen LogP contribution is 2.20. The van der Waals surface area contributed by atoms with Crippen molar-refractivity contribution in [2.45, 2.75) is 33.0 Å². The molecule has 1 aromatic carbocycles. The molecule has 0 saturated heterocycles. The smallest absolute Gasteiger partial charge is 0.165 e. The Morgan fingerprint density at radius 3 is 2.89 bits per heavy atom. The predicted octanol–water partition coefficient (Wildman–Crippen LogP) is 2.04. The molecule has 0 bridgehead atoms. The van der Waals surface area contributed by atoms with E-state index in [1.165, 1.54) is 18.5 Å². The van der Waals surface area contributed by atoms with Crippen LogP contribution in [0, 0.1) is 5.82 Å². The molecule has 2 N–H and O–H groups in total. The van der Waals surface area contributed by atoms with Gasteiger partial charge in [0.05, 0.1) is 0 Å². The molecule has 0 spiro atoms. The van der Waals surface area contributed by atoms with Crippen LogP contribution in [0.3, 0.4) is 0 Å². The van der Waals surface area contributed by atoms with Gasteiger partial charge in [0.25, 0.3) is 0 Å². The molecule has 0 aliphatic heterocycles. The first-order valence-electron chi connectivity index (χ1n) is 6.11. The van der Waals surface area contributed by atoms with E-state index in [1.807, 2.05) is 13.8 Å². The Morgan fingerprint density at radius 1 is 1.42 bits per heavy atom. The second-order valence-corrected chi connectivity index (χ2v) is 4.46. The Kier molecular flexibility index (Phi) is 4.11. The molecule has 1 aromatic heterocycles. The summed E-state index contributed by atoms with van der Waals surface area (Å²) in [5.74, 6) is 0.975. The van der Waals surface area contributed by atoms with Gasteiger partial charge in [0.15, 0.2) is 5.82 Å². The zero-order valence-corrected chi connectivity index (χ0v) is 11.0. The van der Waals surface area contributed by atoms with Crippen LogP contribution < -0.4 is 10.5 Å². The number of benzene rings is 1. The van der Waals surface area contributed by atoms with Gasteiger partial charge in [0, 0.05) is 18.2 Å². The van der Waals surface area contributed by atoms with Crippen molar-refractivity contribution in [2.75, 3.05) is 0 Å². The Labute approximate surface area is 111 Å². The highest BCUT2D eigenvalue weighted by Gasteiger charge is 2.10. The standard InChI is InChI=1S/C13H17FN4O/c1-9(2)18-13(16-8-17-18)7-19-12-4-3-11(14)5-10(12)6-15/h3-5,8-9H,6-7,15H2,1-2H3. The van der Waals surface area contributed by atoms with Crippen LogP contribution >= 0.6 is 0 Å². The summed E-state index contributed by atoms with van der Waals surface area (Å²) in [5.41, 5.74) is 6.20. The lowest BCUT2D eigenvalue weighted by atomic mass is 10.2. The first-order chi connectivity index (χ1) is 9.11.